The Morgan fingerprint density at radius 2 is 0.871 bits per heavy atom. The molecule has 70 heavy (non-hydrogen) atoms. The number of likely N-dealkylation sites (N-methyl/N-ethyl adjacent to an activating group) is 1. The van der Waals surface area contributed by atoms with Gasteiger partial charge in [-0.15, -0.1) is 0 Å². The monoisotopic (exact) mass is 989 g/mol. The van der Waals surface area contributed by atoms with Crippen LogP contribution in [0.5, 0.6) is 0 Å². The van der Waals surface area contributed by atoms with E-state index >= 15 is 0 Å². The first-order chi connectivity index (χ1) is 34.0. The highest BCUT2D eigenvalue weighted by Crippen LogP contribution is 2.38. The molecule has 9 heteroatoms. The first-order valence-electron chi connectivity index (χ1n) is 27.2. The van der Waals surface area contributed by atoms with Crippen LogP contribution in [0.15, 0.2) is 146 Å². The zero-order valence-corrected chi connectivity index (χ0v) is 45.8. The summed E-state index contributed by atoms with van der Waals surface area (Å²) in [6.07, 6.45) is 77.5. The Kier molecular flexibility index (Phi) is 47.7. The van der Waals surface area contributed by atoms with Gasteiger partial charge in [-0.05, 0) is 103 Å². The second kappa shape index (κ2) is 50.3. The molecule has 1 amide bonds. The largest absolute Gasteiger partial charge is 0.756 e. The highest BCUT2D eigenvalue weighted by atomic mass is 31.2. The number of nitrogens with zero attached hydrogens (tertiary/aromatic N) is 1. The molecule has 0 fully saturated rings. The van der Waals surface area contributed by atoms with Crippen molar-refractivity contribution in [3.05, 3.63) is 146 Å². The zero-order valence-electron chi connectivity index (χ0n) is 44.9. The van der Waals surface area contributed by atoms with Gasteiger partial charge < -0.3 is 28.8 Å². The van der Waals surface area contributed by atoms with E-state index in [1.807, 2.05) is 21.1 Å². The number of phosphoric ester groups is 1. The molecule has 0 radical (unpaired) electrons. The second-order valence-corrected chi connectivity index (χ2v) is 20.3. The summed E-state index contributed by atoms with van der Waals surface area (Å²) in [5.74, 6) is -0.217. The van der Waals surface area contributed by atoms with Crippen molar-refractivity contribution in [2.45, 2.75) is 193 Å². The van der Waals surface area contributed by atoms with E-state index in [1.165, 1.54) is 38.5 Å². The predicted molar refractivity (Wildman–Crippen MR) is 301 cm³/mol. The van der Waals surface area contributed by atoms with Gasteiger partial charge in [-0.25, -0.2) is 0 Å². The zero-order chi connectivity index (χ0) is 51.3. The number of carbonyl (C=O) groups is 1. The van der Waals surface area contributed by atoms with E-state index in [-0.39, 0.29) is 19.1 Å². The number of carbonyl (C=O) groups excluding carboxylic acids is 1. The molecular formula is C61H101N2O6P. The highest BCUT2D eigenvalue weighted by molar-refractivity contribution is 7.45. The Morgan fingerprint density at radius 3 is 1.24 bits per heavy atom. The lowest BCUT2D eigenvalue weighted by Crippen LogP contribution is -2.46. The molecule has 8 nitrogen and oxygen atoms in total. The van der Waals surface area contributed by atoms with Gasteiger partial charge in [0, 0.05) is 6.42 Å². The molecule has 0 spiro atoms. The molecule has 0 aromatic carbocycles. The Hall–Kier alpha value is -3.62. The van der Waals surface area contributed by atoms with Crippen molar-refractivity contribution in [2.24, 2.45) is 0 Å². The summed E-state index contributed by atoms with van der Waals surface area (Å²) in [6.45, 7) is 4.51. The van der Waals surface area contributed by atoms with Crippen LogP contribution in [-0.2, 0) is 18.4 Å². The van der Waals surface area contributed by atoms with Crippen molar-refractivity contribution in [3.8, 4) is 0 Å². The summed E-state index contributed by atoms with van der Waals surface area (Å²) in [4.78, 5) is 25.3. The Balaban J connectivity index is 4.18. The van der Waals surface area contributed by atoms with Gasteiger partial charge in [0.15, 0.2) is 0 Å². The summed E-state index contributed by atoms with van der Waals surface area (Å²) in [7, 11) is 1.25. The third kappa shape index (κ3) is 52.2. The van der Waals surface area contributed by atoms with Gasteiger partial charge in [0.2, 0.25) is 5.91 Å². The number of unbranched alkanes of at least 4 members (excludes halogenated alkanes) is 10. The van der Waals surface area contributed by atoms with E-state index in [4.69, 9.17) is 9.05 Å². The molecule has 396 valence electrons. The van der Waals surface area contributed by atoms with Crippen molar-refractivity contribution < 1.29 is 32.9 Å². The molecule has 0 saturated carbocycles. The number of aliphatic hydroxyl groups excluding tert-OH is 1. The minimum absolute atomic E-state index is 0.00478. The third-order valence-electron chi connectivity index (χ3n) is 11.1. The second-order valence-electron chi connectivity index (χ2n) is 18.9. The molecule has 2 N–H and O–H groups in total. The average molecular weight is 989 g/mol. The lowest BCUT2D eigenvalue weighted by molar-refractivity contribution is -0.870. The van der Waals surface area contributed by atoms with Gasteiger partial charge in [-0.2, -0.15) is 0 Å². The molecule has 0 aromatic rings. The first kappa shape index (κ1) is 66.4. The van der Waals surface area contributed by atoms with E-state index in [0.717, 1.165) is 109 Å². The maximum atomic E-state index is 12.9. The summed E-state index contributed by atoms with van der Waals surface area (Å²) in [5.41, 5.74) is 0. The number of hydrogen-bond donors (Lipinski definition) is 2. The molecule has 0 aliphatic heterocycles. The van der Waals surface area contributed by atoms with E-state index in [2.05, 4.69) is 165 Å². The van der Waals surface area contributed by atoms with Gasteiger partial charge in [0.05, 0.1) is 39.9 Å². The maximum Gasteiger partial charge on any atom is 0.268 e. The van der Waals surface area contributed by atoms with Crippen LogP contribution in [0.25, 0.3) is 0 Å². The first-order valence-corrected chi connectivity index (χ1v) is 28.6. The molecule has 3 atom stereocenters. The molecular weight excluding hydrogens is 888 g/mol. The van der Waals surface area contributed by atoms with E-state index in [1.54, 1.807) is 0 Å². The van der Waals surface area contributed by atoms with Gasteiger partial charge in [0.25, 0.3) is 7.82 Å². The summed E-state index contributed by atoms with van der Waals surface area (Å²) >= 11 is 0. The molecule has 0 aromatic heterocycles. The quantitative estimate of drug-likeness (QED) is 0.0272. The van der Waals surface area contributed by atoms with E-state index < -0.39 is 20.0 Å². The predicted octanol–water partition coefficient (Wildman–Crippen LogP) is 15.9. The lowest BCUT2D eigenvalue weighted by atomic mass is 10.0. The fourth-order valence-corrected chi connectivity index (χ4v) is 7.56. The van der Waals surface area contributed by atoms with Gasteiger partial charge in [-0.3, -0.25) is 9.36 Å². The molecule has 0 heterocycles. The van der Waals surface area contributed by atoms with Crippen molar-refractivity contribution >= 4 is 13.7 Å². The van der Waals surface area contributed by atoms with Crippen LogP contribution < -0.4 is 10.2 Å². The van der Waals surface area contributed by atoms with Crippen LogP contribution in [0.2, 0.25) is 0 Å². The number of quaternary nitrogens is 1. The number of aliphatic hydroxyl groups is 1. The van der Waals surface area contributed by atoms with Crippen molar-refractivity contribution in [3.63, 3.8) is 0 Å². The van der Waals surface area contributed by atoms with Crippen LogP contribution >= 0.6 is 7.82 Å². The number of phosphoric acid groups is 1. The van der Waals surface area contributed by atoms with Gasteiger partial charge >= 0.3 is 0 Å². The topological polar surface area (TPSA) is 108 Å². The van der Waals surface area contributed by atoms with Gasteiger partial charge in [-0.1, -0.05) is 217 Å². The third-order valence-corrected chi connectivity index (χ3v) is 12.1. The average Bonchev–Trinajstić information content (AvgIpc) is 3.32. The van der Waals surface area contributed by atoms with Crippen molar-refractivity contribution in [1.29, 1.82) is 0 Å². The summed E-state index contributed by atoms with van der Waals surface area (Å²) < 4.78 is 23.2. The molecule has 3 unspecified atom stereocenters. The molecule has 0 saturated heterocycles. The molecule has 0 aliphatic carbocycles. The Bertz CT molecular complexity index is 1640. The van der Waals surface area contributed by atoms with E-state index in [9.17, 15) is 19.4 Å². The molecule has 0 bridgehead atoms. The van der Waals surface area contributed by atoms with Gasteiger partial charge in [0.1, 0.15) is 13.2 Å². The lowest BCUT2D eigenvalue weighted by Gasteiger charge is -2.30. The number of allylic oxidation sites excluding steroid dienone is 24. The fraction of sp³-hybridized carbons (Fsp3) is 0.590. The number of amides is 1. The van der Waals surface area contributed by atoms with Crippen LogP contribution in [0.4, 0.5) is 0 Å². The summed E-state index contributed by atoms with van der Waals surface area (Å²) in [6, 6.07) is -0.832. The van der Waals surface area contributed by atoms with Crippen molar-refractivity contribution in [2.75, 3.05) is 40.9 Å². The highest BCUT2D eigenvalue weighted by Gasteiger charge is 2.24. The summed E-state index contributed by atoms with van der Waals surface area (Å²) in [5, 5.41) is 13.8. The number of rotatable bonds is 47. The van der Waals surface area contributed by atoms with Crippen molar-refractivity contribution in [1.82, 2.24) is 5.32 Å². The minimum Gasteiger partial charge on any atom is -0.756 e. The number of nitrogens with one attached hydrogen (secondary N) is 1. The normalized spacial score (nSPS) is 15.1. The molecule has 0 rings (SSSR count). The Morgan fingerprint density at radius 1 is 0.514 bits per heavy atom. The SMILES string of the molecule is CC/C=C\C/C=C\C/C=C\C/C=C\C/C=C\C/C=C\C/C=C\C/C=C\C/C=C\C/C=C\C/C=C\C/C=C\CCCCC(=O)NC(COP(=O)([O-])OCC[N+](C)(C)C)C(O)CCCCCCCCCCC. The van der Waals surface area contributed by atoms with Crippen LogP contribution in [0.3, 0.4) is 0 Å². The number of hydrogen-bond acceptors (Lipinski definition) is 6. The smallest absolute Gasteiger partial charge is 0.268 e. The molecule has 0 aliphatic rings. The standard InChI is InChI=1S/C61H101N2O6P/c1-6-8-10-12-14-16-17-18-19-20-21-22-23-24-25-26-27-28-29-30-31-32-33-34-35-36-37-38-39-40-41-42-43-44-45-47-49-51-53-55-61(65)62-59(58-69-70(66,67)68-57-56-63(3,4)5)60(64)54-52-50-48-46-15-13-11-9-7-2/h8,10,14,16,18-19,21-22,24-25,27-28,30-31,33-34,36-37,39-40,42-43,45,47,59-60,64H,6-7,9,11-13,15,17,20,23,26,29,32,35,38,41,44,46,48-58H2,1-5H3,(H-,62,65,66,67)/b10-8-,16-14-,19-18-,22-21-,25-24-,28-27-,31-30-,34-33-,37-36-,40-39-,43-42-,47-45-. The maximum absolute atomic E-state index is 12.9. The van der Waals surface area contributed by atoms with Crippen LogP contribution in [-0.4, -0.2) is 68.5 Å². The van der Waals surface area contributed by atoms with E-state index in [0.29, 0.717) is 30.3 Å². The Labute approximate surface area is 429 Å². The van der Waals surface area contributed by atoms with Crippen LogP contribution in [0.1, 0.15) is 181 Å². The fourth-order valence-electron chi connectivity index (χ4n) is 6.84. The van der Waals surface area contributed by atoms with Crippen LogP contribution in [0, 0.1) is 0 Å². The minimum atomic E-state index is -4.58.